The minimum atomic E-state index is -3.45. The van der Waals surface area contributed by atoms with Gasteiger partial charge in [0.05, 0.1) is 0 Å². The van der Waals surface area contributed by atoms with Gasteiger partial charge in [-0.3, -0.25) is 0 Å². The highest BCUT2D eigenvalue weighted by atomic mass is 32.2. The number of likely N-dealkylation sites (N-methyl/N-ethyl adjacent to an activating group) is 1. The minimum Gasteiger partial charge on any atom is -0.352 e. The Hall–Kier alpha value is -1.11. The van der Waals surface area contributed by atoms with Crippen molar-refractivity contribution in [2.24, 2.45) is 7.05 Å². The molecule has 1 aliphatic rings. The van der Waals surface area contributed by atoms with Crippen LogP contribution in [0.4, 0.5) is 0 Å². The highest BCUT2D eigenvalue weighted by Gasteiger charge is 2.26. The van der Waals surface area contributed by atoms with E-state index in [1.807, 2.05) is 25.5 Å². The van der Waals surface area contributed by atoms with Crippen LogP contribution in [0, 0.1) is 0 Å². The molecule has 1 saturated carbocycles. The molecule has 0 saturated heterocycles. The lowest BCUT2D eigenvalue weighted by molar-refractivity contribution is 0.453. The average molecular weight is 311 g/mol. The smallest absolute Gasteiger partial charge is 0.244 e. The quantitative estimate of drug-likeness (QED) is 0.746. The summed E-state index contributed by atoms with van der Waals surface area (Å²) in [7, 11) is -1.56. The predicted molar refractivity (Wildman–Crippen MR) is 84.5 cm³/mol. The highest BCUT2D eigenvalue weighted by Crippen LogP contribution is 2.22. The van der Waals surface area contributed by atoms with E-state index >= 15 is 0 Å². The van der Waals surface area contributed by atoms with Crippen molar-refractivity contribution >= 4 is 10.0 Å². The van der Waals surface area contributed by atoms with E-state index in [1.165, 1.54) is 17.1 Å². The second-order valence-corrected chi connectivity index (χ2v) is 7.76. The van der Waals surface area contributed by atoms with Crippen LogP contribution in [0.5, 0.6) is 0 Å². The molecular weight excluding hydrogens is 286 g/mol. The zero-order valence-electron chi connectivity index (χ0n) is 13.1. The fourth-order valence-corrected chi connectivity index (χ4v) is 3.85. The number of hydrogen-bond donors (Lipinski definition) is 1. The third kappa shape index (κ3) is 3.96. The molecule has 5 nitrogen and oxygen atoms in total. The lowest BCUT2D eigenvalue weighted by Crippen LogP contribution is -2.32. The fourth-order valence-electron chi connectivity index (χ4n) is 2.25. The molecule has 2 rings (SSSR count). The summed E-state index contributed by atoms with van der Waals surface area (Å²) < 4.78 is 28.7. The molecule has 6 heteroatoms. The number of nitrogens with one attached hydrogen (secondary N) is 1. The molecule has 1 aliphatic carbocycles. The van der Waals surface area contributed by atoms with Gasteiger partial charge in [-0.25, -0.2) is 8.42 Å². The van der Waals surface area contributed by atoms with Crippen LogP contribution >= 0.6 is 0 Å². The molecule has 1 aromatic heterocycles. The van der Waals surface area contributed by atoms with Crippen molar-refractivity contribution in [1.29, 1.82) is 0 Å². The van der Waals surface area contributed by atoms with Gasteiger partial charge in [-0.05, 0) is 25.8 Å². The van der Waals surface area contributed by atoms with Gasteiger partial charge in [0.25, 0.3) is 0 Å². The Kier molecular flexibility index (Phi) is 4.91. The number of nitrogens with zero attached hydrogens (tertiary/aromatic N) is 2. The topological polar surface area (TPSA) is 54.3 Å². The Labute approximate surface area is 127 Å². The molecule has 0 unspecified atom stereocenters. The molecule has 0 radical (unpaired) electrons. The normalized spacial score (nSPS) is 15.6. The molecule has 0 aromatic carbocycles. The van der Waals surface area contributed by atoms with E-state index in [1.54, 1.807) is 12.3 Å². The molecule has 1 fully saturated rings. The number of aryl methyl sites for hydroxylation is 1. The van der Waals surface area contributed by atoms with Crippen molar-refractivity contribution in [2.75, 3.05) is 13.1 Å². The van der Waals surface area contributed by atoms with Crippen molar-refractivity contribution in [3.05, 3.63) is 30.1 Å². The molecule has 0 bridgehead atoms. The lowest BCUT2D eigenvalue weighted by atomic mass is 10.3. The second-order valence-electron chi connectivity index (χ2n) is 5.82. The van der Waals surface area contributed by atoms with Crippen molar-refractivity contribution in [3.8, 4) is 0 Å². The SMILES string of the molecule is C=C(C)CN(CC)S(=O)(=O)c1cc(CNC2CC2)n(C)c1. The summed E-state index contributed by atoms with van der Waals surface area (Å²) >= 11 is 0. The molecule has 21 heavy (non-hydrogen) atoms. The van der Waals surface area contributed by atoms with Crippen LogP contribution in [0.15, 0.2) is 29.3 Å². The molecule has 1 heterocycles. The minimum absolute atomic E-state index is 0.362. The Morgan fingerprint density at radius 2 is 2.19 bits per heavy atom. The fraction of sp³-hybridized carbons (Fsp3) is 0.600. The Bertz CT molecular complexity index is 615. The van der Waals surface area contributed by atoms with Gasteiger partial charge in [0.15, 0.2) is 0 Å². The molecule has 1 aromatic rings. The summed E-state index contributed by atoms with van der Waals surface area (Å²) in [5.41, 5.74) is 1.83. The van der Waals surface area contributed by atoms with E-state index < -0.39 is 10.0 Å². The monoisotopic (exact) mass is 311 g/mol. The van der Waals surface area contributed by atoms with E-state index in [9.17, 15) is 8.42 Å². The van der Waals surface area contributed by atoms with Crippen molar-refractivity contribution in [2.45, 2.75) is 44.2 Å². The van der Waals surface area contributed by atoms with Gasteiger partial charge < -0.3 is 9.88 Å². The molecule has 0 amide bonds. The number of sulfonamides is 1. The summed E-state index contributed by atoms with van der Waals surface area (Å²) in [4.78, 5) is 0.362. The van der Waals surface area contributed by atoms with Gasteiger partial charge in [0, 0.05) is 44.6 Å². The molecule has 0 atom stereocenters. The van der Waals surface area contributed by atoms with Crippen LogP contribution in [0.2, 0.25) is 0 Å². The number of aromatic nitrogens is 1. The van der Waals surface area contributed by atoms with Crippen LogP contribution in [0.25, 0.3) is 0 Å². The standard InChI is InChI=1S/C15H25N3O2S/c1-5-18(10-12(2)3)21(19,20)15-8-14(17(4)11-15)9-16-13-6-7-13/h8,11,13,16H,2,5-7,9-10H2,1,3-4H3. The molecule has 118 valence electrons. The summed E-state index contributed by atoms with van der Waals surface area (Å²) in [6.45, 7) is 9.02. The summed E-state index contributed by atoms with van der Waals surface area (Å²) in [6.07, 6.45) is 4.13. The van der Waals surface area contributed by atoms with Crippen LogP contribution in [-0.4, -0.2) is 36.4 Å². The van der Waals surface area contributed by atoms with Crippen molar-refractivity contribution in [3.63, 3.8) is 0 Å². The van der Waals surface area contributed by atoms with Gasteiger partial charge >= 0.3 is 0 Å². The molecule has 0 spiro atoms. The van der Waals surface area contributed by atoms with Crippen LogP contribution in [0.3, 0.4) is 0 Å². The van der Waals surface area contributed by atoms with Gasteiger partial charge in [-0.2, -0.15) is 4.31 Å². The van der Waals surface area contributed by atoms with E-state index in [0.29, 0.717) is 30.6 Å². The van der Waals surface area contributed by atoms with Gasteiger partial charge in [-0.1, -0.05) is 19.1 Å². The first kappa shape index (κ1) is 16.3. The van der Waals surface area contributed by atoms with Crippen molar-refractivity contribution in [1.82, 2.24) is 14.2 Å². The third-order valence-corrected chi connectivity index (χ3v) is 5.55. The van der Waals surface area contributed by atoms with E-state index in [0.717, 1.165) is 11.3 Å². The number of hydrogen-bond acceptors (Lipinski definition) is 3. The van der Waals surface area contributed by atoms with Crippen molar-refractivity contribution < 1.29 is 8.42 Å². The Balaban J connectivity index is 2.18. The average Bonchev–Trinajstić information content (AvgIpc) is 3.16. The molecular formula is C15H25N3O2S. The van der Waals surface area contributed by atoms with Crippen LogP contribution in [-0.2, 0) is 23.6 Å². The molecule has 1 N–H and O–H groups in total. The Morgan fingerprint density at radius 3 is 2.71 bits per heavy atom. The zero-order chi connectivity index (χ0) is 15.6. The first-order chi connectivity index (χ1) is 9.84. The van der Waals surface area contributed by atoms with E-state index in [4.69, 9.17) is 0 Å². The van der Waals surface area contributed by atoms with Gasteiger partial charge in [0.2, 0.25) is 10.0 Å². The van der Waals surface area contributed by atoms with Crippen LogP contribution in [0.1, 0.15) is 32.4 Å². The first-order valence-electron chi connectivity index (χ1n) is 7.37. The first-order valence-corrected chi connectivity index (χ1v) is 8.81. The highest BCUT2D eigenvalue weighted by molar-refractivity contribution is 7.89. The maximum Gasteiger partial charge on any atom is 0.244 e. The number of rotatable bonds is 8. The summed E-state index contributed by atoms with van der Waals surface area (Å²) in [6, 6.07) is 2.38. The van der Waals surface area contributed by atoms with Gasteiger partial charge in [0.1, 0.15) is 4.90 Å². The van der Waals surface area contributed by atoms with E-state index in [-0.39, 0.29) is 0 Å². The van der Waals surface area contributed by atoms with Crippen LogP contribution < -0.4 is 5.32 Å². The predicted octanol–water partition coefficient (Wildman–Crippen LogP) is 1.86. The maximum absolute atomic E-state index is 12.7. The van der Waals surface area contributed by atoms with Gasteiger partial charge in [-0.15, -0.1) is 0 Å². The van der Waals surface area contributed by atoms with E-state index in [2.05, 4.69) is 11.9 Å². The lowest BCUT2D eigenvalue weighted by Gasteiger charge is -2.19. The molecule has 0 aliphatic heterocycles. The largest absolute Gasteiger partial charge is 0.352 e. The maximum atomic E-state index is 12.7. The Morgan fingerprint density at radius 1 is 1.52 bits per heavy atom. The summed E-state index contributed by atoms with van der Waals surface area (Å²) in [5.74, 6) is 0. The zero-order valence-corrected chi connectivity index (χ0v) is 13.9. The third-order valence-electron chi connectivity index (χ3n) is 3.67. The summed E-state index contributed by atoms with van der Waals surface area (Å²) in [5, 5.41) is 3.41. The second kappa shape index (κ2) is 6.34.